The van der Waals surface area contributed by atoms with Crippen molar-refractivity contribution in [2.24, 2.45) is 7.05 Å². The Balaban J connectivity index is 1.69. The number of aryl methyl sites for hydroxylation is 1. The van der Waals surface area contributed by atoms with Crippen LogP contribution in [0.5, 0.6) is 0 Å². The van der Waals surface area contributed by atoms with Gasteiger partial charge in [-0.2, -0.15) is 0 Å². The van der Waals surface area contributed by atoms with Crippen LogP contribution in [-0.4, -0.2) is 13.1 Å². The quantitative estimate of drug-likeness (QED) is 0.312. The molecule has 0 bridgehead atoms. The Labute approximate surface area is 168 Å². The molecule has 0 saturated carbocycles. The summed E-state index contributed by atoms with van der Waals surface area (Å²) in [4.78, 5) is 5.14. The van der Waals surface area contributed by atoms with Gasteiger partial charge in [0.1, 0.15) is 7.05 Å². The Morgan fingerprint density at radius 3 is 2.00 bits per heavy atom. The lowest BCUT2D eigenvalue weighted by Gasteiger charge is -2.23. The van der Waals surface area contributed by atoms with E-state index in [0.717, 1.165) is 13.1 Å². The predicted molar refractivity (Wildman–Crippen MR) is 118 cm³/mol. The molecule has 2 heterocycles. The van der Waals surface area contributed by atoms with Crippen molar-refractivity contribution in [2.45, 2.75) is 39.5 Å². The molecule has 0 fully saturated rings. The summed E-state index contributed by atoms with van der Waals surface area (Å²) in [5.74, 6) is 0. The maximum Gasteiger partial charge on any atom is 0.169 e. The van der Waals surface area contributed by atoms with Gasteiger partial charge in [0.15, 0.2) is 12.4 Å². The zero-order chi connectivity index (χ0) is 19.1. The molecule has 0 amide bonds. The molecular formula is C24H31N2S+. The van der Waals surface area contributed by atoms with Crippen molar-refractivity contribution in [3.05, 3.63) is 60.9 Å². The maximum absolute atomic E-state index is 2.49. The van der Waals surface area contributed by atoms with E-state index >= 15 is 0 Å². The van der Waals surface area contributed by atoms with E-state index in [2.05, 4.69) is 91.3 Å². The van der Waals surface area contributed by atoms with Gasteiger partial charge in [0.2, 0.25) is 0 Å². The lowest BCUT2D eigenvalue weighted by molar-refractivity contribution is -0.671. The fraction of sp³-hybridized carbons (Fsp3) is 0.375. The van der Waals surface area contributed by atoms with Crippen molar-refractivity contribution in [1.29, 1.82) is 0 Å². The summed E-state index contributed by atoms with van der Waals surface area (Å²) in [6.07, 6.45) is 9.46. The van der Waals surface area contributed by atoms with E-state index in [0.29, 0.717) is 0 Å². The topological polar surface area (TPSA) is 7.12 Å². The molecule has 27 heavy (non-hydrogen) atoms. The van der Waals surface area contributed by atoms with E-state index in [4.69, 9.17) is 0 Å². The van der Waals surface area contributed by atoms with Crippen LogP contribution < -0.4 is 9.47 Å². The monoisotopic (exact) mass is 379 g/mol. The van der Waals surface area contributed by atoms with Crippen LogP contribution in [0, 0.1) is 0 Å². The number of pyridine rings is 1. The summed E-state index contributed by atoms with van der Waals surface area (Å²) < 4.78 is 2.07. The molecule has 3 heteroatoms. The van der Waals surface area contributed by atoms with E-state index in [1.165, 1.54) is 52.3 Å². The Morgan fingerprint density at radius 2 is 1.41 bits per heavy atom. The summed E-state index contributed by atoms with van der Waals surface area (Å²) in [6.45, 7) is 6.74. The number of unbranched alkanes of at least 4 members (excludes halogenated alkanes) is 3. The van der Waals surface area contributed by atoms with E-state index in [9.17, 15) is 0 Å². The molecule has 3 aromatic rings. The van der Waals surface area contributed by atoms with Gasteiger partial charge in [0, 0.05) is 46.2 Å². The third-order valence-corrected chi connectivity index (χ3v) is 6.23. The molecule has 0 spiro atoms. The Hall–Kier alpha value is -2.13. The Morgan fingerprint density at radius 1 is 0.778 bits per heavy atom. The highest BCUT2D eigenvalue weighted by Crippen LogP contribution is 2.34. The largest absolute Gasteiger partial charge is 0.372 e. The van der Waals surface area contributed by atoms with Crippen molar-refractivity contribution in [1.82, 2.24) is 0 Å². The summed E-state index contributed by atoms with van der Waals surface area (Å²) in [6, 6.07) is 17.9. The SMILES string of the molecule is CCCCCCN(CC)c1ccc(-c2ccc(-c3cc[n+](C)cc3)s2)cc1. The first kappa shape index (κ1) is 19.6. The van der Waals surface area contributed by atoms with Crippen LogP contribution in [0.4, 0.5) is 5.69 Å². The molecule has 2 nitrogen and oxygen atoms in total. The van der Waals surface area contributed by atoms with Crippen LogP contribution in [0.1, 0.15) is 39.5 Å². The molecule has 3 rings (SSSR count). The number of nitrogens with zero attached hydrogens (tertiary/aromatic N) is 2. The standard InChI is InChI=1S/C24H31N2S/c1-4-6-7-8-17-26(5-2)22-11-9-20(10-12-22)23-13-14-24(27-23)21-15-18-25(3)19-16-21/h9-16,18-19H,4-8,17H2,1-3H3/q+1. The Kier molecular flexibility index (Phi) is 7.05. The highest BCUT2D eigenvalue weighted by atomic mass is 32.1. The van der Waals surface area contributed by atoms with Crippen LogP contribution in [-0.2, 0) is 7.05 Å². The highest BCUT2D eigenvalue weighted by molar-refractivity contribution is 7.18. The van der Waals surface area contributed by atoms with Gasteiger partial charge in [-0.25, -0.2) is 4.57 Å². The average Bonchev–Trinajstić information content (AvgIpc) is 3.19. The molecule has 142 valence electrons. The van der Waals surface area contributed by atoms with Crippen LogP contribution in [0.15, 0.2) is 60.9 Å². The molecule has 0 N–H and O–H groups in total. The lowest BCUT2D eigenvalue weighted by atomic mass is 10.1. The van der Waals surface area contributed by atoms with Crippen molar-refractivity contribution in [3.63, 3.8) is 0 Å². The van der Waals surface area contributed by atoms with Crippen LogP contribution in [0.2, 0.25) is 0 Å². The minimum atomic E-state index is 1.07. The van der Waals surface area contributed by atoms with Crippen molar-refractivity contribution in [2.75, 3.05) is 18.0 Å². The van der Waals surface area contributed by atoms with Gasteiger partial charge in [-0.3, -0.25) is 0 Å². The second-order valence-electron chi connectivity index (χ2n) is 7.10. The van der Waals surface area contributed by atoms with Gasteiger partial charge >= 0.3 is 0 Å². The third kappa shape index (κ3) is 5.20. The zero-order valence-corrected chi connectivity index (χ0v) is 17.6. The van der Waals surface area contributed by atoms with Gasteiger partial charge in [-0.1, -0.05) is 38.3 Å². The van der Waals surface area contributed by atoms with Crippen molar-refractivity contribution in [3.8, 4) is 20.9 Å². The lowest BCUT2D eigenvalue weighted by Crippen LogP contribution is -2.25. The summed E-state index contributed by atoms with van der Waals surface area (Å²) >= 11 is 1.86. The molecule has 0 radical (unpaired) electrons. The molecule has 0 aliphatic heterocycles. The molecular weight excluding hydrogens is 348 g/mol. The number of hydrogen-bond acceptors (Lipinski definition) is 2. The van der Waals surface area contributed by atoms with E-state index in [-0.39, 0.29) is 0 Å². The average molecular weight is 380 g/mol. The molecule has 2 aromatic heterocycles. The minimum absolute atomic E-state index is 1.07. The summed E-state index contributed by atoms with van der Waals surface area (Å²) in [7, 11) is 2.05. The third-order valence-electron chi connectivity index (χ3n) is 5.05. The molecule has 0 aliphatic rings. The van der Waals surface area contributed by atoms with E-state index in [1.54, 1.807) is 0 Å². The van der Waals surface area contributed by atoms with Crippen molar-refractivity contribution >= 4 is 17.0 Å². The van der Waals surface area contributed by atoms with Crippen molar-refractivity contribution < 1.29 is 4.57 Å². The van der Waals surface area contributed by atoms with E-state index in [1.807, 2.05) is 11.3 Å². The van der Waals surface area contributed by atoms with Crippen LogP contribution >= 0.6 is 11.3 Å². The normalized spacial score (nSPS) is 10.9. The molecule has 0 saturated heterocycles. The minimum Gasteiger partial charge on any atom is -0.372 e. The first-order chi connectivity index (χ1) is 13.2. The van der Waals surface area contributed by atoms with Gasteiger partial charge in [0.25, 0.3) is 0 Å². The fourth-order valence-electron chi connectivity index (χ4n) is 3.35. The number of aromatic nitrogens is 1. The number of hydrogen-bond donors (Lipinski definition) is 0. The van der Waals surface area contributed by atoms with Gasteiger partial charge in [-0.05, 0) is 43.2 Å². The summed E-state index contributed by atoms with van der Waals surface area (Å²) in [5, 5.41) is 0. The van der Waals surface area contributed by atoms with Gasteiger partial charge in [0.05, 0.1) is 0 Å². The highest BCUT2D eigenvalue weighted by Gasteiger charge is 2.08. The second-order valence-corrected chi connectivity index (χ2v) is 8.19. The Bertz CT molecular complexity index is 818. The molecule has 1 aromatic carbocycles. The van der Waals surface area contributed by atoms with Crippen LogP contribution in [0.3, 0.4) is 0 Å². The summed E-state index contributed by atoms with van der Waals surface area (Å²) in [5.41, 5.74) is 3.92. The number of anilines is 1. The molecule has 0 atom stereocenters. The second kappa shape index (κ2) is 9.70. The first-order valence-corrected chi connectivity index (χ1v) is 10.9. The maximum atomic E-state index is 2.49. The van der Waals surface area contributed by atoms with Gasteiger partial charge < -0.3 is 4.90 Å². The number of benzene rings is 1. The number of thiophene rings is 1. The number of rotatable bonds is 9. The fourth-order valence-corrected chi connectivity index (χ4v) is 4.37. The molecule has 0 unspecified atom stereocenters. The molecule has 0 aliphatic carbocycles. The van der Waals surface area contributed by atoms with Crippen LogP contribution in [0.25, 0.3) is 20.9 Å². The first-order valence-electron chi connectivity index (χ1n) is 10.1. The zero-order valence-electron chi connectivity index (χ0n) is 16.8. The van der Waals surface area contributed by atoms with E-state index < -0.39 is 0 Å². The van der Waals surface area contributed by atoms with Gasteiger partial charge in [-0.15, -0.1) is 11.3 Å². The smallest absolute Gasteiger partial charge is 0.169 e. The predicted octanol–water partition coefficient (Wildman–Crippen LogP) is 6.31.